The molecule has 0 atom stereocenters. The zero-order valence-electron chi connectivity index (χ0n) is 10.9. The van der Waals surface area contributed by atoms with E-state index in [1.807, 2.05) is 24.3 Å². The predicted octanol–water partition coefficient (Wildman–Crippen LogP) is 3.29. The van der Waals surface area contributed by atoms with Gasteiger partial charge in [-0.3, -0.25) is 4.79 Å². The van der Waals surface area contributed by atoms with E-state index in [4.69, 9.17) is 10.5 Å². The first-order chi connectivity index (χ1) is 9.22. The summed E-state index contributed by atoms with van der Waals surface area (Å²) in [7, 11) is 0. The van der Waals surface area contributed by atoms with Crippen LogP contribution in [0.3, 0.4) is 0 Å². The van der Waals surface area contributed by atoms with Gasteiger partial charge in [0.15, 0.2) is 5.78 Å². The second kappa shape index (κ2) is 6.05. The van der Waals surface area contributed by atoms with Gasteiger partial charge in [0.2, 0.25) is 0 Å². The van der Waals surface area contributed by atoms with Crippen LogP contribution in [-0.4, -0.2) is 12.4 Å². The van der Waals surface area contributed by atoms with Gasteiger partial charge in [0, 0.05) is 16.8 Å². The van der Waals surface area contributed by atoms with Gasteiger partial charge in [-0.05, 0) is 42.8 Å². The molecule has 98 valence electrons. The molecule has 2 N–H and O–H groups in total. The number of hydrogen-bond acceptors (Lipinski definition) is 3. The first-order valence-corrected chi connectivity index (χ1v) is 6.34. The highest BCUT2D eigenvalue weighted by molar-refractivity contribution is 6.12. The van der Waals surface area contributed by atoms with E-state index in [-0.39, 0.29) is 5.78 Å². The standard InChI is InChI=1S/C16H17NO2/c1-2-11-19-13-9-7-12(8-10-13)16(18)14-5-3-4-6-15(14)17/h3-10H,2,11,17H2,1H3. The monoisotopic (exact) mass is 255 g/mol. The Balaban J connectivity index is 2.18. The zero-order valence-corrected chi connectivity index (χ0v) is 10.9. The van der Waals surface area contributed by atoms with Gasteiger partial charge >= 0.3 is 0 Å². The SMILES string of the molecule is CCCOc1ccc(C(=O)c2ccccc2N)cc1. The van der Waals surface area contributed by atoms with E-state index < -0.39 is 0 Å². The molecule has 2 aromatic rings. The van der Waals surface area contributed by atoms with E-state index in [0.29, 0.717) is 23.4 Å². The number of nitrogen functional groups attached to an aromatic ring is 1. The molecule has 0 aliphatic carbocycles. The molecule has 0 amide bonds. The molecule has 0 spiro atoms. The molecule has 0 heterocycles. The molecule has 19 heavy (non-hydrogen) atoms. The average Bonchev–Trinajstić information content (AvgIpc) is 2.45. The number of hydrogen-bond donors (Lipinski definition) is 1. The summed E-state index contributed by atoms with van der Waals surface area (Å²) in [6.45, 7) is 2.73. The van der Waals surface area contributed by atoms with Crippen molar-refractivity contribution >= 4 is 11.5 Å². The van der Waals surface area contributed by atoms with E-state index in [1.54, 1.807) is 24.3 Å². The number of anilines is 1. The van der Waals surface area contributed by atoms with Crippen molar-refractivity contribution < 1.29 is 9.53 Å². The summed E-state index contributed by atoms with van der Waals surface area (Å²) in [6, 6.07) is 14.2. The van der Waals surface area contributed by atoms with E-state index in [0.717, 1.165) is 12.2 Å². The van der Waals surface area contributed by atoms with Crippen LogP contribution >= 0.6 is 0 Å². The van der Waals surface area contributed by atoms with E-state index in [9.17, 15) is 4.79 Å². The van der Waals surface area contributed by atoms with Crippen molar-refractivity contribution in [2.24, 2.45) is 0 Å². The average molecular weight is 255 g/mol. The molecule has 2 rings (SSSR count). The Labute approximate surface area is 113 Å². The highest BCUT2D eigenvalue weighted by Gasteiger charge is 2.11. The van der Waals surface area contributed by atoms with Gasteiger partial charge in [0.1, 0.15) is 5.75 Å². The maximum atomic E-state index is 12.3. The first kappa shape index (κ1) is 13.1. The molecule has 2 aromatic carbocycles. The molecule has 3 heteroatoms. The largest absolute Gasteiger partial charge is 0.494 e. The van der Waals surface area contributed by atoms with Crippen molar-refractivity contribution in [1.82, 2.24) is 0 Å². The van der Waals surface area contributed by atoms with Crippen molar-refractivity contribution in [2.45, 2.75) is 13.3 Å². The van der Waals surface area contributed by atoms with Crippen LogP contribution in [0.25, 0.3) is 0 Å². The smallest absolute Gasteiger partial charge is 0.195 e. The number of para-hydroxylation sites is 1. The number of nitrogens with two attached hydrogens (primary N) is 1. The van der Waals surface area contributed by atoms with Crippen molar-refractivity contribution in [3.8, 4) is 5.75 Å². The molecular formula is C16H17NO2. The number of carbonyl (C=O) groups is 1. The number of benzene rings is 2. The minimum absolute atomic E-state index is 0.0693. The summed E-state index contributed by atoms with van der Waals surface area (Å²) >= 11 is 0. The van der Waals surface area contributed by atoms with Crippen LogP contribution in [0.2, 0.25) is 0 Å². The lowest BCUT2D eigenvalue weighted by Gasteiger charge is -2.07. The highest BCUT2D eigenvalue weighted by Crippen LogP contribution is 2.18. The molecule has 3 nitrogen and oxygen atoms in total. The van der Waals surface area contributed by atoms with Crippen LogP contribution in [-0.2, 0) is 0 Å². The summed E-state index contributed by atoms with van der Waals surface area (Å²) in [6.07, 6.45) is 0.960. The van der Waals surface area contributed by atoms with E-state index in [2.05, 4.69) is 6.92 Å². The van der Waals surface area contributed by atoms with E-state index >= 15 is 0 Å². The summed E-state index contributed by atoms with van der Waals surface area (Å²) in [5.74, 6) is 0.708. The molecule has 0 unspecified atom stereocenters. The van der Waals surface area contributed by atoms with E-state index in [1.165, 1.54) is 0 Å². The molecule has 0 aliphatic rings. The van der Waals surface area contributed by atoms with Gasteiger partial charge in [-0.1, -0.05) is 19.1 Å². The van der Waals surface area contributed by atoms with Crippen molar-refractivity contribution in [3.05, 3.63) is 59.7 Å². The predicted molar refractivity (Wildman–Crippen MR) is 76.5 cm³/mol. The number of ether oxygens (including phenoxy) is 1. The fourth-order valence-electron chi connectivity index (χ4n) is 1.78. The van der Waals surface area contributed by atoms with Crippen molar-refractivity contribution in [3.63, 3.8) is 0 Å². The van der Waals surface area contributed by atoms with Crippen LogP contribution < -0.4 is 10.5 Å². The summed E-state index contributed by atoms with van der Waals surface area (Å²) in [4.78, 5) is 12.3. The normalized spacial score (nSPS) is 10.2. The second-order valence-electron chi connectivity index (χ2n) is 4.29. The lowest BCUT2D eigenvalue weighted by molar-refractivity contribution is 0.103. The van der Waals surface area contributed by atoms with Crippen molar-refractivity contribution in [1.29, 1.82) is 0 Å². The van der Waals surface area contributed by atoms with Gasteiger partial charge in [-0.2, -0.15) is 0 Å². The highest BCUT2D eigenvalue weighted by atomic mass is 16.5. The molecule has 0 radical (unpaired) electrons. The molecule has 0 fully saturated rings. The minimum atomic E-state index is -0.0693. The summed E-state index contributed by atoms with van der Waals surface area (Å²) in [5, 5.41) is 0. The van der Waals surface area contributed by atoms with Gasteiger partial charge in [-0.25, -0.2) is 0 Å². The lowest BCUT2D eigenvalue weighted by Crippen LogP contribution is -2.05. The quantitative estimate of drug-likeness (QED) is 0.659. The minimum Gasteiger partial charge on any atom is -0.494 e. The summed E-state index contributed by atoms with van der Waals surface area (Å²) in [5.41, 5.74) is 7.45. The van der Waals surface area contributed by atoms with Gasteiger partial charge in [0.25, 0.3) is 0 Å². The Bertz CT molecular complexity index is 561. The first-order valence-electron chi connectivity index (χ1n) is 6.34. The number of carbonyl (C=O) groups excluding carboxylic acids is 1. The third kappa shape index (κ3) is 3.13. The topological polar surface area (TPSA) is 52.3 Å². The van der Waals surface area contributed by atoms with Crippen LogP contribution in [0.15, 0.2) is 48.5 Å². The molecule has 0 saturated heterocycles. The third-order valence-electron chi connectivity index (χ3n) is 2.79. The fourth-order valence-corrected chi connectivity index (χ4v) is 1.78. The Morgan fingerprint density at radius 3 is 2.42 bits per heavy atom. The number of rotatable bonds is 5. The Morgan fingerprint density at radius 2 is 1.79 bits per heavy atom. The Morgan fingerprint density at radius 1 is 1.11 bits per heavy atom. The molecule has 0 saturated carbocycles. The Kier molecular flexibility index (Phi) is 4.18. The lowest BCUT2D eigenvalue weighted by atomic mass is 10.0. The molecule has 0 bridgehead atoms. The van der Waals surface area contributed by atoms with Crippen LogP contribution in [0, 0.1) is 0 Å². The van der Waals surface area contributed by atoms with Gasteiger partial charge in [-0.15, -0.1) is 0 Å². The fraction of sp³-hybridized carbons (Fsp3) is 0.188. The number of ketones is 1. The maximum Gasteiger partial charge on any atom is 0.195 e. The van der Waals surface area contributed by atoms with Gasteiger partial charge < -0.3 is 10.5 Å². The van der Waals surface area contributed by atoms with Crippen LogP contribution in [0.1, 0.15) is 29.3 Å². The summed E-state index contributed by atoms with van der Waals surface area (Å²) < 4.78 is 5.48. The van der Waals surface area contributed by atoms with Crippen molar-refractivity contribution in [2.75, 3.05) is 12.3 Å². The zero-order chi connectivity index (χ0) is 13.7. The van der Waals surface area contributed by atoms with Gasteiger partial charge in [0.05, 0.1) is 6.61 Å². The Hall–Kier alpha value is -2.29. The maximum absolute atomic E-state index is 12.3. The molecular weight excluding hydrogens is 238 g/mol. The second-order valence-corrected chi connectivity index (χ2v) is 4.29. The van der Waals surface area contributed by atoms with Crippen LogP contribution in [0.5, 0.6) is 5.75 Å². The molecule has 0 aliphatic heterocycles. The van der Waals surface area contributed by atoms with Crippen LogP contribution in [0.4, 0.5) is 5.69 Å². The molecule has 0 aromatic heterocycles. The third-order valence-corrected chi connectivity index (χ3v) is 2.79.